The molecule has 95 heavy (non-hydrogen) atoms. The van der Waals surface area contributed by atoms with Gasteiger partial charge in [-0.25, -0.2) is 13.7 Å². The monoisotopic (exact) mass is 1250 g/mol. The molecular formula is C89H97N6+3. The summed E-state index contributed by atoms with van der Waals surface area (Å²) in [6, 6.07) is 73.6. The van der Waals surface area contributed by atoms with E-state index in [1.807, 2.05) is 0 Å². The number of aryl methyl sites for hydroxylation is 7. The predicted molar refractivity (Wildman–Crippen MR) is 399 cm³/mol. The Morgan fingerprint density at radius 2 is 0.884 bits per heavy atom. The number of benzene rings is 7. The number of aromatic nitrogens is 6. The molecular weight excluding hydrogens is 1150 g/mol. The van der Waals surface area contributed by atoms with Gasteiger partial charge in [-0.1, -0.05) is 174 Å². The van der Waals surface area contributed by atoms with E-state index in [9.17, 15) is 0 Å². The Hall–Kier alpha value is -9.39. The van der Waals surface area contributed by atoms with Crippen molar-refractivity contribution < 1.29 is 13.7 Å². The lowest BCUT2D eigenvalue weighted by molar-refractivity contribution is -0.661. The predicted octanol–water partition coefficient (Wildman–Crippen LogP) is 21.2. The molecule has 6 aromatic heterocycles. The molecule has 0 bridgehead atoms. The van der Waals surface area contributed by atoms with Crippen molar-refractivity contribution in [3.8, 4) is 78.7 Å². The molecule has 0 unspecified atom stereocenters. The van der Waals surface area contributed by atoms with Gasteiger partial charge in [-0.2, -0.15) is 0 Å². The first-order chi connectivity index (χ1) is 45.9. The van der Waals surface area contributed by atoms with E-state index in [0.29, 0.717) is 5.92 Å². The van der Waals surface area contributed by atoms with Gasteiger partial charge < -0.3 is 13.7 Å². The van der Waals surface area contributed by atoms with E-state index in [1.165, 1.54) is 208 Å². The van der Waals surface area contributed by atoms with Crippen LogP contribution in [0.5, 0.6) is 0 Å². The molecule has 6 heteroatoms. The van der Waals surface area contributed by atoms with Crippen LogP contribution in [0.2, 0.25) is 0 Å². The standard InChI is InChI=1S/C34H35N2.C28H31N2.C27H31N2/c1-24-28(32-23-27(21-22-35(32)2)25-13-6-4-7-14-25)18-12-19-29(24)34-33(26-15-8-5-9-16-26)30-17-10-11-20-31(30)36(34)3;1-19-23(26-17-16-22(18-29(26)3)21-10-5-6-11-21)13-9-14-25(19)28-20(2)24-12-7-8-15-27(24)30(28)4;1-19-22(25-16-20(14-15-28(25)5)18-27(2,3)4)11-9-12-23(19)26-17-21-10-7-8-13-24(21)29(26)6/h5,8-12,15-23,25H,4,6-7,13-14H2,1-3H3;7-9,12-18,21H,5-6,10-11H2,1-4H3;7-17H,18H2,1-6H3/q3*+1. The molecule has 2 aliphatic rings. The number of para-hydroxylation sites is 3. The van der Waals surface area contributed by atoms with Gasteiger partial charge in [0.1, 0.15) is 21.1 Å². The summed E-state index contributed by atoms with van der Waals surface area (Å²) < 4.78 is 13.9. The third kappa shape index (κ3) is 12.8. The van der Waals surface area contributed by atoms with Crippen LogP contribution in [0.3, 0.4) is 0 Å². The van der Waals surface area contributed by atoms with Crippen molar-refractivity contribution in [1.29, 1.82) is 0 Å². The average molecular weight is 1250 g/mol. The molecule has 2 fully saturated rings. The Labute approximate surface area is 565 Å². The van der Waals surface area contributed by atoms with Crippen LogP contribution in [0.4, 0.5) is 0 Å². The van der Waals surface area contributed by atoms with Crippen LogP contribution in [0.1, 0.15) is 129 Å². The molecule has 6 heterocycles. The Bertz CT molecular complexity index is 4910. The molecule has 2 aliphatic carbocycles. The van der Waals surface area contributed by atoms with Crippen molar-refractivity contribution in [2.75, 3.05) is 0 Å². The zero-order valence-electron chi connectivity index (χ0n) is 58.7. The average Bonchev–Trinajstić information content (AvgIpc) is 1.63. The molecule has 0 amide bonds. The highest BCUT2D eigenvalue weighted by Crippen LogP contribution is 2.45. The fourth-order valence-corrected chi connectivity index (χ4v) is 16.2. The van der Waals surface area contributed by atoms with Gasteiger partial charge in [0.2, 0.25) is 17.1 Å². The smallest absolute Gasteiger partial charge is 0.212 e. The zero-order valence-corrected chi connectivity index (χ0v) is 58.7. The molecule has 0 radical (unpaired) electrons. The maximum absolute atomic E-state index is 2.46. The van der Waals surface area contributed by atoms with E-state index in [4.69, 9.17) is 0 Å². The zero-order chi connectivity index (χ0) is 66.2. The minimum atomic E-state index is 0.275. The van der Waals surface area contributed by atoms with Crippen LogP contribution in [-0.2, 0) is 48.7 Å². The van der Waals surface area contributed by atoms with E-state index in [1.54, 1.807) is 0 Å². The third-order valence-electron chi connectivity index (χ3n) is 21.3. The highest BCUT2D eigenvalue weighted by molar-refractivity contribution is 6.05. The molecule has 6 nitrogen and oxygen atoms in total. The summed E-state index contributed by atoms with van der Waals surface area (Å²) in [5.74, 6) is 1.45. The summed E-state index contributed by atoms with van der Waals surface area (Å²) >= 11 is 0. The maximum Gasteiger partial charge on any atom is 0.212 e. The fraction of sp³-hybridized carbons (Fsp3) is 0.292. The summed E-state index contributed by atoms with van der Waals surface area (Å²) in [5.41, 5.74) is 32.0. The van der Waals surface area contributed by atoms with Crippen molar-refractivity contribution in [2.24, 2.45) is 47.7 Å². The molecule has 13 aromatic rings. The second-order valence-electron chi connectivity index (χ2n) is 28.8. The van der Waals surface area contributed by atoms with Crippen molar-refractivity contribution >= 4 is 32.7 Å². The van der Waals surface area contributed by atoms with Gasteiger partial charge >= 0.3 is 0 Å². The van der Waals surface area contributed by atoms with Gasteiger partial charge in [-0.05, 0) is 165 Å². The number of nitrogens with zero attached hydrogens (tertiary/aromatic N) is 6. The molecule has 0 atom stereocenters. The van der Waals surface area contributed by atoms with E-state index in [-0.39, 0.29) is 5.41 Å². The topological polar surface area (TPSA) is 26.4 Å². The summed E-state index contributed by atoms with van der Waals surface area (Å²) in [6.45, 7) is 16.0. The van der Waals surface area contributed by atoms with E-state index >= 15 is 0 Å². The Morgan fingerprint density at radius 1 is 0.389 bits per heavy atom. The first kappa shape index (κ1) is 64.3. The second-order valence-corrected chi connectivity index (χ2v) is 28.8. The minimum Gasteiger partial charge on any atom is -0.344 e. The Morgan fingerprint density at radius 3 is 1.51 bits per heavy atom. The fourth-order valence-electron chi connectivity index (χ4n) is 16.2. The van der Waals surface area contributed by atoms with Crippen molar-refractivity contribution in [2.45, 2.75) is 125 Å². The second kappa shape index (κ2) is 27.1. The number of pyridine rings is 3. The quantitative estimate of drug-likeness (QED) is 0.122. The molecule has 15 rings (SSSR count). The molecule has 0 spiro atoms. The molecule has 7 aromatic carbocycles. The van der Waals surface area contributed by atoms with E-state index in [0.717, 1.165) is 12.3 Å². The van der Waals surface area contributed by atoms with Crippen LogP contribution in [0.25, 0.3) is 111 Å². The lowest BCUT2D eigenvalue weighted by Gasteiger charge is -2.22. The number of hydrogen-bond donors (Lipinski definition) is 0. The summed E-state index contributed by atoms with van der Waals surface area (Å²) in [6.07, 6.45) is 20.1. The summed E-state index contributed by atoms with van der Waals surface area (Å²) in [7, 11) is 13.1. The van der Waals surface area contributed by atoms with Gasteiger partial charge in [0, 0.05) is 134 Å². The van der Waals surface area contributed by atoms with Gasteiger partial charge in [-0.3, -0.25) is 0 Å². The van der Waals surface area contributed by atoms with E-state index in [2.05, 4.69) is 337 Å². The largest absolute Gasteiger partial charge is 0.344 e. The molecule has 2 saturated carbocycles. The van der Waals surface area contributed by atoms with Gasteiger partial charge in [0.15, 0.2) is 18.6 Å². The third-order valence-corrected chi connectivity index (χ3v) is 21.3. The van der Waals surface area contributed by atoms with E-state index < -0.39 is 0 Å². The van der Waals surface area contributed by atoms with Gasteiger partial charge in [-0.15, -0.1) is 0 Å². The van der Waals surface area contributed by atoms with Crippen LogP contribution >= 0.6 is 0 Å². The number of hydrogen-bond acceptors (Lipinski definition) is 0. The normalized spacial score (nSPS) is 13.7. The summed E-state index contributed by atoms with van der Waals surface area (Å²) in [4.78, 5) is 0. The van der Waals surface area contributed by atoms with Crippen molar-refractivity contribution in [1.82, 2.24) is 13.7 Å². The first-order valence-electron chi connectivity index (χ1n) is 34.9. The molecule has 0 saturated heterocycles. The van der Waals surface area contributed by atoms with Crippen LogP contribution in [0, 0.1) is 33.1 Å². The van der Waals surface area contributed by atoms with Crippen LogP contribution < -0.4 is 13.7 Å². The van der Waals surface area contributed by atoms with Crippen LogP contribution in [0.15, 0.2) is 219 Å². The number of rotatable bonds is 10. The number of fused-ring (bicyclic) bond motifs is 3. The van der Waals surface area contributed by atoms with Crippen LogP contribution in [-0.4, -0.2) is 13.7 Å². The lowest BCUT2D eigenvalue weighted by Crippen LogP contribution is -2.31. The maximum atomic E-state index is 2.46. The van der Waals surface area contributed by atoms with Gasteiger partial charge in [0.25, 0.3) is 0 Å². The van der Waals surface area contributed by atoms with Crippen molar-refractivity contribution in [3.63, 3.8) is 0 Å². The minimum absolute atomic E-state index is 0.275. The van der Waals surface area contributed by atoms with Gasteiger partial charge in [0.05, 0.1) is 11.4 Å². The molecule has 480 valence electrons. The summed E-state index contributed by atoms with van der Waals surface area (Å²) in [5, 5.41) is 3.93. The highest BCUT2D eigenvalue weighted by atomic mass is 15.0. The SMILES string of the molecule is Cc1c(-c2c(-c3ccccc3)c3ccccc3n2C)cccc1-c1cc(C2CCCCC2)cc[n+]1C.Cc1c(-c2c(C)c3ccccc3n2C)cccc1-c1ccc(C2CCCC2)c[n+]1C.Cc1c(-c2cc3ccccc3n2C)cccc1-c1cc(CC(C)(C)C)cc[n+]1C. The Kier molecular flexibility index (Phi) is 18.4. The molecule has 0 aliphatic heterocycles. The van der Waals surface area contributed by atoms with Crippen molar-refractivity contribution in [3.05, 3.63) is 258 Å². The lowest BCUT2D eigenvalue weighted by atomic mass is 9.83. The highest BCUT2D eigenvalue weighted by Gasteiger charge is 2.27. The first-order valence-corrected chi connectivity index (χ1v) is 34.9. The Balaban J connectivity index is 0.000000130. The molecule has 0 N–H and O–H groups in total.